The van der Waals surface area contributed by atoms with Crippen molar-refractivity contribution in [3.8, 4) is 17.1 Å². The lowest BCUT2D eigenvalue weighted by Crippen LogP contribution is -2.58. The minimum absolute atomic E-state index is 0.113. The van der Waals surface area contributed by atoms with Gasteiger partial charge in [0.15, 0.2) is 5.82 Å². The molecule has 3 saturated heterocycles. The van der Waals surface area contributed by atoms with Gasteiger partial charge >= 0.3 is 0 Å². The van der Waals surface area contributed by atoms with Crippen LogP contribution < -0.4 is 30.1 Å². The highest BCUT2D eigenvalue weighted by atomic mass is 16.5. The maximum Gasteiger partial charge on any atom is 0.276 e. The summed E-state index contributed by atoms with van der Waals surface area (Å²) in [5.74, 6) is 0.0366. The Morgan fingerprint density at radius 2 is 1.69 bits per heavy atom. The Hall–Kier alpha value is -7.15. The minimum Gasteiger partial charge on any atom is -0.478 e. The van der Waals surface area contributed by atoms with Crippen LogP contribution in [0.5, 0.6) is 5.88 Å². The number of nitrogens with one attached hydrogen (secondary N) is 2. The number of aliphatic hydroxyl groups excluding tert-OH is 1. The van der Waals surface area contributed by atoms with Gasteiger partial charge in [0.05, 0.1) is 48.1 Å². The molecule has 5 aliphatic heterocycles. The Balaban J connectivity index is 0.777. The molecule has 3 fully saturated rings. The van der Waals surface area contributed by atoms with Gasteiger partial charge in [0.2, 0.25) is 5.91 Å². The van der Waals surface area contributed by atoms with Gasteiger partial charge in [-0.1, -0.05) is 20.4 Å². The van der Waals surface area contributed by atoms with Crippen molar-refractivity contribution in [3.63, 3.8) is 0 Å². The number of nitrogens with zero attached hydrogens (tertiary/aromatic N) is 9. The van der Waals surface area contributed by atoms with Gasteiger partial charge in [-0.2, -0.15) is 0 Å². The summed E-state index contributed by atoms with van der Waals surface area (Å²) in [7, 11) is 1.51. The SMILES string of the molecule is C=CC(=O)Nc1cc(Nc2nc(-c3ccnc(N4CCn5c(cc6c5CC(C)(C)C6)C4=O)c3CO)cnc2OC)ccc1N1CCN(C2CCN(c3ccc4c(c3)C(=O)N(C3CCOCC3)C4=O)[C@H](C)C2)C[C@@H]1C. The molecule has 3 N–H and O–H groups in total. The molecule has 3 atom stereocenters. The van der Waals surface area contributed by atoms with Crippen LogP contribution in [0.3, 0.4) is 0 Å². The van der Waals surface area contributed by atoms with Gasteiger partial charge in [0, 0.05) is 111 Å². The number of amides is 4. The first-order valence-electron chi connectivity index (χ1n) is 26.0. The summed E-state index contributed by atoms with van der Waals surface area (Å²) >= 11 is 0. The highest BCUT2D eigenvalue weighted by molar-refractivity contribution is 6.22. The maximum atomic E-state index is 14.1. The standard InChI is InChI=1S/C56H65N11O7/c1-7-49(69)60-44-26-36(59-50-52(73-6)58-30-45(61-50)40-12-16-57-51(43(40)32-68)66-21-20-65-47(55(66)72)25-35-28-56(4,5)29-48(35)65)8-11-46(44)64-19-18-62(31-34(64)3)38-13-17-63(33(2)24-38)39-9-10-41-42(27-39)54(71)67(53(41)70)37-14-22-74-23-15-37/h7-12,16,25-27,30,33-34,37-38,68H,1,13-15,17-24,28-29,31-32H2,2-6H3,(H,59,61)(H,60,69)/t33-,34+,38?/m1/s1. The Morgan fingerprint density at radius 1 is 0.878 bits per heavy atom. The van der Waals surface area contributed by atoms with Crippen LogP contribution in [0.25, 0.3) is 11.3 Å². The smallest absolute Gasteiger partial charge is 0.276 e. The Kier molecular flexibility index (Phi) is 13.0. The molecule has 3 aromatic heterocycles. The molecular weight excluding hydrogens is 939 g/mol. The molecule has 0 saturated carbocycles. The first-order valence-corrected chi connectivity index (χ1v) is 26.0. The van der Waals surface area contributed by atoms with E-state index in [9.17, 15) is 24.3 Å². The summed E-state index contributed by atoms with van der Waals surface area (Å²) < 4.78 is 13.3. The Morgan fingerprint density at radius 3 is 2.45 bits per heavy atom. The molecule has 18 heteroatoms. The molecule has 0 radical (unpaired) electrons. The van der Waals surface area contributed by atoms with Crippen LogP contribution >= 0.6 is 0 Å². The van der Waals surface area contributed by atoms with Gasteiger partial charge in [0.25, 0.3) is 23.6 Å². The third-order valence-corrected chi connectivity index (χ3v) is 16.1. The second-order valence-electron chi connectivity index (χ2n) is 21.4. The number of hydrogen-bond acceptors (Lipinski definition) is 14. The van der Waals surface area contributed by atoms with Crippen molar-refractivity contribution in [1.29, 1.82) is 0 Å². The fourth-order valence-electron chi connectivity index (χ4n) is 12.5. The van der Waals surface area contributed by atoms with Crippen LogP contribution in [-0.4, -0.2) is 135 Å². The predicted octanol–water partition coefficient (Wildman–Crippen LogP) is 6.84. The molecule has 8 heterocycles. The summed E-state index contributed by atoms with van der Waals surface area (Å²) in [6, 6.07) is 15.9. The fourth-order valence-corrected chi connectivity index (χ4v) is 12.5. The second-order valence-corrected chi connectivity index (χ2v) is 21.4. The molecule has 18 nitrogen and oxygen atoms in total. The molecule has 1 unspecified atom stereocenters. The summed E-state index contributed by atoms with van der Waals surface area (Å²) in [5, 5.41) is 17.3. The predicted molar refractivity (Wildman–Crippen MR) is 283 cm³/mol. The number of hydrogen-bond donors (Lipinski definition) is 3. The quantitative estimate of drug-likeness (QED) is 0.0870. The average Bonchev–Trinajstić information content (AvgIpc) is 3.99. The third-order valence-electron chi connectivity index (χ3n) is 16.1. The number of imide groups is 1. The summed E-state index contributed by atoms with van der Waals surface area (Å²) in [4.78, 5) is 78.6. The Bertz CT molecular complexity index is 3070. The van der Waals surface area contributed by atoms with E-state index in [-0.39, 0.29) is 59.7 Å². The van der Waals surface area contributed by atoms with E-state index in [0.717, 1.165) is 63.2 Å². The molecular formula is C56H65N11O7. The fraction of sp³-hybridized carbons (Fsp3) is 0.446. The highest BCUT2D eigenvalue weighted by Crippen LogP contribution is 2.42. The van der Waals surface area contributed by atoms with E-state index in [1.807, 2.05) is 42.5 Å². The van der Waals surface area contributed by atoms with Gasteiger partial charge in [-0.05, 0) is 118 Å². The third kappa shape index (κ3) is 8.85. The van der Waals surface area contributed by atoms with E-state index < -0.39 is 0 Å². The zero-order valence-corrected chi connectivity index (χ0v) is 42.9. The van der Waals surface area contributed by atoms with E-state index in [2.05, 4.69) is 74.1 Å². The van der Waals surface area contributed by atoms with Crippen molar-refractivity contribution in [2.75, 3.05) is 78.4 Å². The zero-order valence-electron chi connectivity index (χ0n) is 42.9. The monoisotopic (exact) mass is 1000 g/mol. The number of piperazine rings is 1. The zero-order chi connectivity index (χ0) is 51.6. The molecule has 386 valence electrons. The largest absolute Gasteiger partial charge is 0.478 e. The first kappa shape index (κ1) is 49.1. The van der Waals surface area contributed by atoms with Crippen LogP contribution in [0.1, 0.15) is 101 Å². The van der Waals surface area contributed by atoms with Crippen molar-refractivity contribution in [1.82, 2.24) is 29.3 Å². The van der Waals surface area contributed by atoms with Crippen molar-refractivity contribution >= 4 is 58.0 Å². The molecule has 1 aliphatic carbocycles. The molecule has 74 heavy (non-hydrogen) atoms. The lowest BCUT2D eigenvalue weighted by molar-refractivity contribution is -0.111. The van der Waals surface area contributed by atoms with E-state index in [1.165, 1.54) is 29.3 Å². The number of carbonyl (C=O) groups is 4. The van der Waals surface area contributed by atoms with Crippen LogP contribution in [0.4, 0.5) is 34.4 Å². The number of anilines is 6. The van der Waals surface area contributed by atoms with Crippen LogP contribution in [0, 0.1) is 5.41 Å². The topological polar surface area (TPSA) is 191 Å². The van der Waals surface area contributed by atoms with E-state index in [4.69, 9.17) is 14.5 Å². The number of fused-ring (bicyclic) bond motifs is 4. The van der Waals surface area contributed by atoms with E-state index >= 15 is 0 Å². The number of rotatable bonds is 12. The number of aliphatic hydroxyl groups is 1. The molecule has 5 aromatic rings. The number of carbonyl (C=O) groups excluding carboxylic acids is 4. The molecule has 11 rings (SSSR count). The lowest BCUT2D eigenvalue weighted by Gasteiger charge is -2.48. The maximum absolute atomic E-state index is 14.1. The molecule has 4 amide bonds. The van der Waals surface area contributed by atoms with Gasteiger partial charge in [-0.25, -0.2) is 15.0 Å². The highest BCUT2D eigenvalue weighted by Gasteiger charge is 2.42. The minimum atomic E-state index is -0.384. The number of pyridine rings is 1. The Labute approximate surface area is 431 Å². The summed E-state index contributed by atoms with van der Waals surface area (Å²) in [6.07, 6.45) is 9.56. The van der Waals surface area contributed by atoms with Crippen molar-refractivity contribution in [3.05, 3.63) is 107 Å². The lowest BCUT2D eigenvalue weighted by atomic mass is 9.90. The first-order chi connectivity index (χ1) is 35.7. The van der Waals surface area contributed by atoms with E-state index in [0.29, 0.717) is 102 Å². The number of piperidine rings is 1. The van der Waals surface area contributed by atoms with Crippen LogP contribution in [-0.2, 0) is 35.5 Å². The number of aromatic nitrogens is 4. The van der Waals surface area contributed by atoms with E-state index in [1.54, 1.807) is 23.4 Å². The number of benzene rings is 2. The summed E-state index contributed by atoms with van der Waals surface area (Å²) in [5.41, 5.74) is 8.80. The number of methoxy groups -OCH3 is 1. The van der Waals surface area contributed by atoms with Crippen LogP contribution in [0.15, 0.2) is 73.6 Å². The molecule has 0 spiro atoms. The molecule has 0 bridgehead atoms. The molecule has 6 aliphatic rings. The van der Waals surface area contributed by atoms with Crippen molar-refractivity contribution < 1.29 is 33.8 Å². The van der Waals surface area contributed by atoms with Gasteiger partial charge in [0.1, 0.15) is 11.5 Å². The second kappa shape index (κ2) is 19.6. The summed E-state index contributed by atoms with van der Waals surface area (Å²) in [6.45, 7) is 17.7. The van der Waals surface area contributed by atoms with Gasteiger partial charge < -0.3 is 39.6 Å². The average molecular weight is 1000 g/mol. The van der Waals surface area contributed by atoms with Gasteiger partial charge in [-0.3, -0.25) is 33.9 Å². The number of ether oxygens (including phenoxy) is 2. The van der Waals surface area contributed by atoms with Crippen molar-refractivity contribution in [2.45, 2.75) is 104 Å². The normalized spacial score (nSPS) is 21.9. The van der Waals surface area contributed by atoms with Gasteiger partial charge in [-0.15, -0.1) is 0 Å². The van der Waals surface area contributed by atoms with Crippen LogP contribution in [0.2, 0.25) is 0 Å². The van der Waals surface area contributed by atoms with Crippen molar-refractivity contribution in [2.24, 2.45) is 5.41 Å². The molecule has 2 aromatic carbocycles.